The Labute approximate surface area is 98.8 Å². The average Bonchev–Trinajstić information content (AvgIpc) is 2.77. The van der Waals surface area contributed by atoms with Crippen molar-refractivity contribution in [3.8, 4) is 5.75 Å². The van der Waals surface area contributed by atoms with Crippen LogP contribution in [0, 0.1) is 6.92 Å². The summed E-state index contributed by atoms with van der Waals surface area (Å²) in [4.78, 5) is 11.8. The number of carbonyl (C=O) groups is 1. The van der Waals surface area contributed by atoms with Crippen LogP contribution < -0.4 is 10.1 Å². The normalized spacial score (nSPS) is 10.0. The van der Waals surface area contributed by atoms with E-state index in [0.717, 1.165) is 11.4 Å². The van der Waals surface area contributed by atoms with Gasteiger partial charge in [-0.2, -0.15) is 5.10 Å². The zero-order valence-corrected chi connectivity index (χ0v) is 9.65. The van der Waals surface area contributed by atoms with E-state index in [4.69, 9.17) is 4.74 Å². The summed E-state index contributed by atoms with van der Waals surface area (Å²) in [7, 11) is 1.60. The highest BCUT2D eigenvalue weighted by Gasteiger charge is 2.09. The molecule has 2 aromatic rings. The van der Waals surface area contributed by atoms with Crippen molar-refractivity contribution in [3.63, 3.8) is 0 Å². The van der Waals surface area contributed by atoms with Crippen LogP contribution in [0.5, 0.6) is 5.75 Å². The van der Waals surface area contributed by atoms with Crippen LogP contribution >= 0.6 is 0 Å². The number of carbonyl (C=O) groups excluding carboxylic acids is 1. The highest BCUT2D eigenvalue weighted by atomic mass is 16.5. The second kappa shape index (κ2) is 4.69. The molecule has 1 aromatic heterocycles. The summed E-state index contributed by atoms with van der Waals surface area (Å²) in [6.45, 7) is 1.84. The molecule has 0 saturated heterocycles. The van der Waals surface area contributed by atoms with Gasteiger partial charge in [0, 0.05) is 11.4 Å². The van der Waals surface area contributed by atoms with E-state index < -0.39 is 0 Å². The number of anilines is 1. The average molecular weight is 231 g/mol. The number of hydrogen-bond acceptors (Lipinski definition) is 3. The van der Waals surface area contributed by atoms with E-state index in [9.17, 15) is 4.79 Å². The lowest BCUT2D eigenvalue weighted by Crippen LogP contribution is -2.12. The Bertz CT molecular complexity index is 517. The molecule has 0 aliphatic carbocycles. The summed E-state index contributed by atoms with van der Waals surface area (Å²) >= 11 is 0. The minimum Gasteiger partial charge on any atom is -0.497 e. The first kappa shape index (κ1) is 11.2. The Balaban J connectivity index is 2.07. The molecular formula is C12H13N3O2. The van der Waals surface area contributed by atoms with Crippen molar-refractivity contribution in [1.29, 1.82) is 0 Å². The number of methoxy groups -OCH3 is 1. The smallest absolute Gasteiger partial charge is 0.276 e. The van der Waals surface area contributed by atoms with Crippen LogP contribution in [0.2, 0.25) is 0 Å². The van der Waals surface area contributed by atoms with Gasteiger partial charge in [0.1, 0.15) is 5.75 Å². The zero-order chi connectivity index (χ0) is 12.3. The predicted octanol–water partition coefficient (Wildman–Crippen LogP) is 1.98. The van der Waals surface area contributed by atoms with Gasteiger partial charge in [-0.1, -0.05) is 0 Å². The van der Waals surface area contributed by atoms with E-state index in [2.05, 4.69) is 15.5 Å². The van der Waals surface area contributed by atoms with Crippen LogP contribution in [-0.2, 0) is 0 Å². The van der Waals surface area contributed by atoms with Crippen molar-refractivity contribution in [1.82, 2.24) is 10.2 Å². The molecule has 0 spiro atoms. The molecule has 0 aliphatic rings. The maximum absolute atomic E-state index is 11.8. The molecule has 1 aromatic carbocycles. The summed E-state index contributed by atoms with van der Waals surface area (Å²) in [6, 6.07) is 8.81. The SMILES string of the molecule is COc1ccc(NC(=O)c2cc(C)[nH]n2)cc1. The molecule has 1 heterocycles. The summed E-state index contributed by atoms with van der Waals surface area (Å²) in [5.74, 6) is 0.512. The molecule has 2 rings (SSSR count). The second-order valence-electron chi connectivity index (χ2n) is 3.62. The van der Waals surface area contributed by atoms with Crippen molar-refractivity contribution >= 4 is 11.6 Å². The Morgan fingerprint density at radius 1 is 1.35 bits per heavy atom. The van der Waals surface area contributed by atoms with E-state index in [0.29, 0.717) is 11.4 Å². The standard InChI is InChI=1S/C12H13N3O2/c1-8-7-11(15-14-8)12(16)13-9-3-5-10(17-2)6-4-9/h3-7H,1-2H3,(H,13,16)(H,14,15). The minimum absolute atomic E-state index is 0.237. The fraction of sp³-hybridized carbons (Fsp3) is 0.167. The number of rotatable bonds is 3. The van der Waals surface area contributed by atoms with E-state index in [-0.39, 0.29) is 5.91 Å². The molecule has 17 heavy (non-hydrogen) atoms. The Hall–Kier alpha value is -2.30. The minimum atomic E-state index is -0.237. The van der Waals surface area contributed by atoms with Gasteiger partial charge in [0.15, 0.2) is 5.69 Å². The van der Waals surface area contributed by atoms with E-state index >= 15 is 0 Å². The van der Waals surface area contributed by atoms with Gasteiger partial charge in [-0.15, -0.1) is 0 Å². The quantitative estimate of drug-likeness (QED) is 0.848. The molecule has 0 radical (unpaired) electrons. The summed E-state index contributed by atoms with van der Waals surface area (Å²) in [5, 5.41) is 9.35. The maximum Gasteiger partial charge on any atom is 0.276 e. The molecule has 2 N–H and O–H groups in total. The number of benzene rings is 1. The van der Waals surface area contributed by atoms with E-state index in [1.165, 1.54) is 0 Å². The highest BCUT2D eigenvalue weighted by Crippen LogP contribution is 2.15. The Kier molecular flexibility index (Phi) is 3.09. The lowest BCUT2D eigenvalue weighted by Gasteiger charge is -2.04. The van der Waals surface area contributed by atoms with Crippen LogP contribution in [0.4, 0.5) is 5.69 Å². The fourth-order valence-corrected chi connectivity index (χ4v) is 1.40. The molecule has 5 nitrogen and oxygen atoms in total. The van der Waals surface area contributed by atoms with Crippen molar-refractivity contribution < 1.29 is 9.53 Å². The zero-order valence-electron chi connectivity index (χ0n) is 9.65. The topological polar surface area (TPSA) is 67.0 Å². The first-order valence-electron chi connectivity index (χ1n) is 5.16. The van der Waals surface area contributed by atoms with Gasteiger partial charge in [0.2, 0.25) is 0 Å². The van der Waals surface area contributed by atoms with Crippen LogP contribution in [0.25, 0.3) is 0 Å². The lowest BCUT2D eigenvalue weighted by atomic mass is 10.3. The van der Waals surface area contributed by atoms with Gasteiger partial charge in [-0.05, 0) is 37.3 Å². The van der Waals surface area contributed by atoms with Gasteiger partial charge in [-0.3, -0.25) is 9.89 Å². The highest BCUT2D eigenvalue weighted by molar-refractivity contribution is 6.02. The van der Waals surface area contributed by atoms with Gasteiger partial charge < -0.3 is 10.1 Å². The number of amides is 1. The third kappa shape index (κ3) is 2.63. The Morgan fingerprint density at radius 3 is 2.59 bits per heavy atom. The van der Waals surface area contributed by atoms with Gasteiger partial charge in [0.25, 0.3) is 5.91 Å². The number of aromatic nitrogens is 2. The molecule has 0 bridgehead atoms. The summed E-state index contributed by atoms with van der Waals surface area (Å²) in [5.41, 5.74) is 1.93. The van der Waals surface area contributed by atoms with Gasteiger partial charge in [-0.25, -0.2) is 0 Å². The summed E-state index contributed by atoms with van der Waals surface area (Å²) in [6.07, 6.45) is 0. The first-order valence-corrected chi connectivity index (χ1v) is 5.16. The molecule has 0 saturated carbocycles. The molecule has 0 fully saturated rings. The van der Waals surface area contributed by atoms with Crippen molar-refractivity contribution in [2.24, 2.45) is 0 Å². The van der Waals surface area contributed by atoms with Crippen LogP contribution in [0.15, 0.2) is 30.3 Å². The van der Waals surface area contributed by atoms with Gasteiger partial charge >= 0.3 is 0 Å². The molecule has 0 atom stereocenters. The monoisotopic (exact) mass is 231 g/mol. The van der Waals surface area contributed by atoms with Crippen LogP contribution in [0.3, 0.4) is 0 Å². The molecule has 0 aliphatic heterocycles. The first-order chi connectivity index (χ1) is 8.19. The third-order valence-corrected chi connectivity index (χ3v) is 2.29. The number of aromatic amines is 1. The number of hydrogen-bond donors (Lipinski definition) is 2. The van der Waals surface area contributed by atoms with Crippen molar-refractivity contribution in [2.45, 2.75) is 6.92 Å². The number of nitrogens with zero attached hydrogens (tertiary/aromatic N) is 1. The lowest BCUT2D eigenvalue weighted by molar-refractivity contribution is 0.102. The molecule has 1 amide bonds. The number of nitrogens with one attached hydrogen (secondary N) is 2. The van der Waals surface area contributed by atoms with Crippen molar-refractivity contribution in [3.05, 3.63) is 41.7 Å². The number of aryl methyl sites for hydroxylation is 1. The Morgan fingerprint density at radius 2 is 2.06 bits per heavy atom. The largest absolute Gasteiger partial charge is 0.497 e. The molecule has 5 heteroatoms. The molecule has 0 unspecified atom stereocenters. The third-order valence-electron chi connectivity index (χ3n) is 2.29. The maximum atomic E-state index is 11.8. The van der Waals surface area contributed by atoms with Crippen LogP contribution in [-0.4, -0.2) is 23.2 Å². The fourth-order valence-electron chi connectivity index (χ4n) is 1.40. The second-order valence-corrected chi connectivity index (χ2v) is 3.62. The summed E-state index contributed by atoms with van der Waals surface area (Å²) < 4.78 is 5.03. The van der Waals surface area contributed by atoms with E-state index in [1.807, 2.05) is 6.92 Å². The molecular weight excluding hydrogens is 218 g/mol. The van der Waals surface area contributed by atoms with Crippen molar-refractivity contribution in [2.75, 3.05) is 12.4 Å². The van der Waals surface area contributed by atoms with E-state index in [1.54, 1.807) is 37.4 Å². The predicted molar refractivity (Wildman–Crippen MR) is 64.3 cm³/mol. The number of ether oxygens (including phenoxy) is 1. The van der Waals surface area contributed by atoms with Crippen LogP contribution in [0.1, 0.15) is 16.2 Å². The molecule has 88 valence electrons. The number of H-pyrrole nitrogens is 1. The van der Waals surface area contributed by atoms with Gasteiger partial charge in [0.05, 0.1) is 7.11 Å².